The highest BCUT2D eigenvalue weighted by Gasteiger charge is 2.30. The van der Waals surface area contributed by atoms with Crippen LogP contribution >= 0.6 is 11.6 Å². The molecule has 0 unspecified atom stereocenters. The fourth-order valence-corrected chi connectivity index (χ4v) is 6.16. The summed E-state index contributed by atoms with van der Waals surface area (Å²) in [7, 11) is -2.30. The van der Waals surface area contributed by atoms with Crippen LogP contribution in [0.2, 0.25) is 5.02 Å². The molecule has 9 nitrogen and oxygen atoms in total. The topological polar surface area (TPSA) is 107 Å². The maximum Gasteiger partial charge on any atom is 0.258 e. The molecule has 1 amide bonds. The van der Waals surface area contributed by atoms with Gasteiger partial charge in [0.2, 0.25) is 10.0 Å². The number of piperazine rings is 1. The number of nitrogens with one attached hydrogen (secondary N) is 1. The lowest BCUT2D eigenvalue weighted by molar-refractivity contribution is 0.0781. The van der Waals surface area contributed by atoms with Gasteiger partial charge in [0.1, 0.15) is 5.82 Å². The lowest BCUT2D eigenvalue weighted by atomic mass is 10.2. The van der Waals surface area contributed by atoms with Crippen LogP contribution in [0.4, 0.5) is 5.69 Å². The van der Waals surface area contributed by atoms with Crippen molar-refractivity contribution in [2.45, 2.75) is 11.4 Å². The third-order valence-electron chi connectivity index (χ3n) is 6.56. The molecular formula is C27H26ClN5O4S. The summed E-state index contributed by atoms with van der Waals surface area (Å²) < 4.78 is 28.3. The van der Waals surface area contributed by atoms with E-state index < -0.39 is 15.9 Å². The second kappa shape index (κ2) is 10.6. The van der Waals surface area contributed by atoms with Crippen molar-refractivity contribution in [1.29, 1.82) is 0 Å². The monoisotopic (exact) mass is 551 g/mol. The highest BCUT2D eigenvalue weighted by molar-refractivity contribution is 7.89. The highest BCUT2D eigenvalue weighted by Crippen LogP contribution is 2.26. The Morgan fingerprint density at radius 3 is 2.42 bits per heavy atom. The molecule has 1 aromatic heterocycles. The van der Waals surface area contributed by atoms with Gasteiger partial charge in [-0.1, -0.05) is 41.9 Å². The summed E-state index contributed by atoms with van der Waals surface area (Å²) in [6, 6.07) is 20.9. The first-order valence-electron chi connectivity index (χ1n) is 12.1. The summed E-state index contributed by atoms with van der Waals surface area (Å²) >= 11 is 6.33. The number of hydrogen-bond donors (Lipinski definition) is 1. The molecule has 1 aliphatic heterocycles. The van der Waals surface area contributed by atoms with Crippen LogP contribution in [0, 0.1) is 0 Å². The van der Waals surface area contributed by atoms with Crippen molar-refractivity contribution in [2.75, 3.05) is 38.1 Å². The number of H-pyrrole nitrogens is 1. The molecule has 0 saturated carbocycles. The van der Waals surface area contributed by atoms with Crippen LogP contribution in [0.3, 0.4) is 0 Å². The minimum absolute atomic E-state index is 0.00375. The standard InChI is InChI=1S/C27H26ClN5O4S/c1-31(18-25-29-24-10-6-5-9-21(24)26(34)30-25)27(35)22-17-20(11-12-23(22)28)38(36,37)33-15-13-32(14-16-33)19-7-3-2-4-8-19/h2-12,17H,13-16,18H2,1H3,(H,29,30,34). The minimum atomic E-state index is -3.84. The van der Waals surface area contributed by atoms with Crippen molar-refractivity contribution in [3.05, 3.63) is 99.6 Å². The van der Waals surface area contributed by atoms with Crippen LogP contribution in [0.1, 0.15) is 16.2 Å². The number of aromatic nitrogens is 2. The van der Waals surface area contributed by atoms with Gasteiger partial charge in [-0.3, -0.25) is 9.59 Å². The van der Waals surface area contributed by atoms with Crippen LogP contribution in [0.25, 0.3) is 10.9 Å². The Labute approximate surface area is 225 Å². The number of carbonyl (C=O) groups excluding carboxylic acids is 1. The van der Waals surface area contributed by atoms with E-state index in [9.17, 15) is 18.0 Å². The summed E-state index contributed by atoms with van der Waals surface area (Å²) in [6.07, 6.45) is 0. The van der Waals surface area contributed by atoms with E-state index in [-0.39, 0.29) is 27.6 Å². The van der Waals surface area contributed by atoms with Crippen molar-refractivity contribution in [2.24, 2.45) is 0 Å². The molecule has 3 aromatic carbocycles. The minimum Gasteiger partial charge on any atom is -0.369 e. The summed E-state index contributed by atoms with van der Waals surface area (Å²) in [5, 5.41) is 0.588. The Hall–Kier alpha value is -3.73. The molecule has 38 heavy (non-hydrogen) atoms. The first-order chi connectivity index (χ1) is 18.2. The number of hydrogen-bond acceptors (Lipinski definition) is 6. The van der Waals surface area contributed by atoms with Crippen molar-refractivity contribution in [3.8, 4) is 0 Å². The molecule has 0 radical (unpaired) electrons. The van der Waals surface area contributed by atoms with Gasteiger partial charge >= 0.3 is 0 Å². The Morgan fingerprint density at radius 1 is 1.00 bits per heavy atom. The number of benzene rings is 3. The van der Waals surface area contributed by atoms with Crippen molar-refractivity contribution < 1.29 is 13.2 Å². The number of nitrogens with zero attached hydrogens (tertiary/aromatic N) is 4. The SMILES string of the molecule is CN(Cc1nc2ccccc2c(=O)[nH]1)C(=O)c1cc(S(=O)(=O)N2CCN(c3ccccc3)CC2)ccc1Cl. The number of halogens is 1. The molecule has 196 valence electrons. The Balaban J connectivity index is 1.33. The van der Waals surface area contributed by atoms with Crippen LogP contribution in [-0.4, -0.2) is 66.7 Å². The zero-order valence-electron chi connectivity index (χ0n) is 20.7. The summed E-state index contributed by atoms with van der Waals surface area (Å²) in [4.78, 5) is 36.3. The number of para-hydroxylation sites is 2. The fourth-order valence-electron chi connectivity index (χ4n) is 4.52. The van der Waals surface area contributed by atoms with Gasteiger partial charge in [0.25, 0.3) is 11.5 Å². The number of rotatable bonds is 6. The summed E-state index contributed by atoms with van der Waals surface area (Å²) in [5.74, 6) is -0.183. The first kappa shape index (κ1) is 25.9. The molecule has 11 heteroatoms. The third-order valence-corrected chi connectivity index (χ3v) is 8.79. The zero-order valence-corrected chi connectivity index (χ0v) is 22.2. The molecular weight excluding hydrogens is 526 g/mol. The van der Waals surface area contributed by atoms with Crippen molar-refractivity contribution >= 4 is 44.1 Å². The van der Waals surface area contributed by atoms with Gasteiger partial charge in [-0.15, -0.1) is 0 Å². The fraction of sp³-hybridized carbons (Fsp3) is 0.222. The number of anilines is 1. The van der Waals surface area contributed by atoms with Gasteiger partial charge in [-0.05, 0) is 42.5 Å². The van der Waals surface area contributed by atoms with Crippen molar-refractivity contribution in [1.82, 2.24) is 19.2 Å². The van der Waals surface area contributed by atoms with Gasteiger partial charge in [-0.25, -0.2) is 13.4 Å². The summed E-state index contributed by atoms with van der Waals surface area (Å²) in [6.45, 7) is 1.77. The van der Waals surface area contributed by atoms with E-state index in [0.29, 0.717) is 42.9 Å². The lowest BCUT2D eigenvalue weighted by Gasteiger charge is -2.35. The number of amides is 1. The van der Waals surface area contributed by atoms with Gasteiger partial charge < -0.3 is 14.8 Å². The largest absolute Gasteiger partial charge is 0.369 e. The number of sulfonamides is 1. The van der Waals surface area contributed by atoms with E-state index in [1.807, 2.05) is 30.3 Å². The quantitative estimate of drug-likeness (QED) is 0.394. The molecule has 0 atom stereocenters. The third kappa shape index (κ3) is 5.15. The second-order valence-electron chi connectivity index (χ2n) is 9.06. The number of carbonyl (C=O) groups is 1. The van der Waals surface area contributed by atoms with Gasteiger partial charge in [-0.2, -0.15) is 4.31 Å². The normalized spacial score (nSPS) is 14.5. The van der Waals surface area contributed by atoms with Crippen LogP contribution < -0.4 is 10.5 Å². The van der Waals surface area contributed by atoms with Crippen molar-refractivity contribution in [3.63, 3.8) is 0 Å². The van der Waals surface area contributed by atoms with E-state index in [1.54, 1.807) is 24.3 Å². The molecule has 1 N–H and O–H groups in total. The smallest absolute Gasteiger partial charge is 0.258 e. The van der Waals surface area contributed by atoms with E-state index >= 15 is 0 Å². The van der Waals surface area contributed by atoms with Gasteiger partial charge in [0.05, 0.1) is 32.9 Å². The molecule has 0 bridgehead atoms. The van der Waals surface area contributed by atoms with E-state index in [1.165, 1.54) is 34.5 Å². The molecule has 0 aliphatic carbocycles. The van der Waals surface area contributed by atoms with Crippen LogP contribution in [0.15, 0.2) is 82.5 Å². The zero-order chi connectivity index (χ0) is 26.9. The average Bonchev–Trinajstić information content (AvgIpc) is 2.93. The molecule has 1 fully saturated rings. The summed E-state index contributed by atoms with van der Waals surface area (Å²) in [5.41, 5.74) is 1.33. The predicted octanol–water partition coefficient (Wildman–Crippen LogP) is 3.36. The molecule has 4 aromatic rings. The molecule has 0 spiro atoms. The Kier molecular flexibility index (Phi) is 7.20. The average molecular weight is 552 g/mol. The van der Waals surface area contributed by atoms with E-state index in [4.69, 9.17) is 11.6 Å². The van der Waals surface area contributed by atoms with Crippen LogP contribution in [0.5, 0.6) is 0 Å². The Bertz CT molecular complexity index is 1650. The molecule has 1 aliphatic rings. The van der Waals surface area contributed by atoms with Gasteiger partial charge in [0, 0.05) is 38.9 Å². The number of aromatic amines is 1. The van der Waals surface area contributed by atoms with Crippen LogP contribution in [-0.2, 0) is 16.6 Å². The maximum atomic E-state index is 13.4. The Morgan fingerprint density at radius 2 is 1.68 bits per heavy atom. The predicted molar refractivity (Wildman–Crippen MR) is 147 cm³/mol. The second-order valence-corrected chi connectivity index (χ2v) is 11.4. The van der Waals surface area contributed by atoms with E-state index in [0.717, 1.165) is 5.69 Å². The lowest BCUT2D eigenvalue weighted by Crippen LogP contribution is -2.48. The van der Waals surface area contributed by atoms with Gasteiger partial charge in [0.15, 0.2) is 0 Å². The highest BCUT2D eigenvalue weighted by atomic mass is 35.5. The molecule has 5 rings (SSSR count). The first-order valence-corrected chi connectivity index (χ1v) is 13.9. The molecule has 1 saturated heterocycles. The maximum absolute atomic E-state index is 13.4. The number of fused-ring (bicyclic) bond motifs is 1. The van der Waals surface area contributed by atoms with E-state index in [2.05, 4.69) is 14.9 Å². The molecule has 2 heterocycles.